The number of likely N-dealkylation sites (tertiary alicyclic amines) is 1. The standard InChI is InChI=1S/C57H80FN9O11S/c1-32-25-38(13-11-12-14-47(71)64-50(56(5,6)7)54(75)66-28-41(69)27-44(66)52(73)61-33(2)36-15-17-37(18-16-36)49-34(3)60-31-79-49)48(58)45(26-32)77-30-39(19-22-46(59)70)62-51(72)43-21-20-40-23-24-65(35(4)68)29-42(53(74)67(40)43)63-55(76)78-57(8,9)10/h15-18,25-26,31,33,39-44,50,69H,11-14,19-24,27-30H2,1-10H3,(H2,59,70)(H,61,73)(H,62,72)(H,63,76)(H,64,71)/t33-,39-,40+,41+,42-,43-,44-,50+/m0/s1. The molecule has 1 aromatic heterocycles. The van der Waals surface area contributed by atoms with Crippen LogP contribution in [0.3, 0.4) is 0 Å². The molecule has 0 unspecified atom stereocenters. The molecular weight excluding hydrogens is 1040 g/mol. The number of benzene rings is 2. The third kappa shape index (κ3) is 16.7. The zero-order valence-corrected chi connectivity index (χ0v) is 48.1. The lowest BCUT2D eigenvalue weighted by molar-refractivity contribution is -0.145. The molecule has 3 aromatic rings. The Bertz CT molecular complexity index is 2710. The summed E-state index contributed by atoms with van der Waals surface area (Å²) in [7, 11) is 0. The van der Waals surface area contributed by atoms with E-state index in [9.17, 15) is 43.5 Å². The van der Waals surface area contributed by atoms with Crippen molar-refractivity contribution in [3.8, 4) is 16.2 Å². The highest BCUT2D eigenvalue weighted by molar-refractivity contribution is 7.13. The summed E-state index contributed by atoms with van der Waals surface area (Å²) in [6.45, 7) is 17.3. The molecule has 432 valence electrons. The number of aryl methyl sites for hydroxylation is 3. The number of primary amides is 1. The lowest BCUT2D eigenvalue weighted by atomic mass is 9.85. The predicted octanol–water partition coefficient (Wildman–Crippen LogP) is 5.28. The Kier molecular flexibility index (Phi) is 20.7. The molecule has 3 saturated heterocycles. The van der Waals surface area contributed by atoms with E-state index < -0.39 is 107 Å². The number of carbonyl (C=O) groups is 8. The Balaban J connectivity index is 1.04. The molecule has 3 fully saturated rings. The van der Waals surface area contributed by atoms with Crippen LogP contribution in [-0.2, 0) is 44.7 Å². The molecule has 2 aromatic carbocycles. The van der Waals surface area contributed by atoms with Crippen LogP contribution in [0, 0.1) is 25.1 Å². The highest BCUT2D eigenvalue weighted by Crippen LogP contribution is 2.33. The first-order valence-corrected chi connectivity index (χ1v) is 28.1. The Hall–Kier alpha value is -6.68. The van der Waals surface area contributed by atoms with Crippen LogP contribution in [0.15, 0.2) is 41.9 Å². The van der Waals surface area contributed by atoms with E-state index in [1.165, 1.54) is 27.7 Å². The van der Waals surface area contributed by atoms with E-state index in [4.69, 9.17) is 15.2 Å². The maximum Gasteiger partial charge on any atom is 0.408 e. The van der Waals surface area contributed by atoms with Gasteiger partial charge in [-0.15, -0.1) is 11.3 Å². The highest BCUT2D eigenvalue weighted by Gasteiger charge is 2.47. The molecule has 6 rings (SSSR count). The maximum absolute atomic E-state index is 16.2. The smallest absolute Gasteiger partial charge is 0.408 e. The number of amides is 8. The van der Waals surface area contributed by atoms with Crippen molar-refractivity contribution < 1.29 is 57.3 Å². The third-order valence-corrected chi connectivity index (χ3v) is 15.6. The van der Waals surface area contributed by atoms with Gasteiger partial charge in [0.1, 0.15) is 36.4 Å². The van der Waals surface area contributed by atoms with Gasteiger partial charge in [-0.25, -0.2) is 14.2 Å². The number of alkyl carbamates (subject to hydrolysis) is 1. The van der Waals surface area contributed by atoms with Gasteiger partial charge in [-0.1, -0.05) is 51.1 Å². The lowest BCUT2D eigenvalue weighted by Gasteiger charge is -2.38. The fraction of sp³-hybridized carbons (Fsp3) is 0.596. The summed E-state index contributed by atoms with van der Waals surface area (Å²) in [5, 5.41) is 22.1. The molecule has 0 bridgehead atoms. The van der Waals surface area contributed by atoms with Crippen molar-refractivity contribution in [3.63, 3.8) is 0 Å². The van der Waals surface area contributed by atoms with Crippen LogP contribution in [0.5, 0.6) is 5.75 Å². The molecule has 7 N–H and O–H groups in total. The van der Waals surface area contributed by atoms with Crippen molar-refractivity contribution in [2.24, 2.45) is 11.1 Å². The topological polar surface area (TPSA) is 272 Å². The molecule has 20 nitrogen and oxygen atoms in total. The summed E-state index contributed by atoms with van der Waals surface area (Å²) >= 11 is 1.55. The molecule has 0 aliphatic carbocycles. The fourth-order valence-electron chi connectivity index (χ4n) is 10.4. The molecule has 79 heavy (non-hydrogen) atoms. The lowest BCUT2D eigenvalue weighted by Crippen LogP contribution is -2.61. The van der Waals surface area contributed by atoms with E-state index in [2.05, 4.69) is 26.3 Å². The average molecular weight is 1120 g/mol. The quantitative estimate of drug-likeness (QED) is 0.0789. The Labute approximate surface area is 466 Å². The summed E-state index contributed by atoms with van der Waals surface area (Å²) < 4.78 is 27.7. The van der Waals surface area contributed by atoms with Crippen molar-refractivity contribution in [1.82, 2.24) is 41.0 Å². The number of hydrogen-bond donors (Lipinski definition) is 6. The Morgan fingerprint density at radius 2 is 1.61 bits per heavy atom. The van der Waals surface area contributed by atoms with Crippen molar-refractivity contribution in [1.29, 1.82) is 0 Å². The van der Waals surface area contributed by atoms with E-state index in [0.29, 0.717) is 43.4 Å². The highest BCUT2D eigenvalue weighted by atomic mass is 32.1. The number of aromatic nitrogens is 1. The predicted molar refractivity (Wildman–Crippen MR) is 295 cm³/mol. The fourth-order valence-corrected chi connectivity index (χ4v) is 11.2. The molecule has 4 heterocycles. The SMILES string of the molecule is CC(=O)N1CC[C@H]2CC[C@@H](C(=O)N[C@@H](CCC(N)=O)COc3cc(C)cc(CCCCC(=O)N[C@H](C(=O)N4C[C@H](O)C[C@H]4C(=O)N[C@@H](C)c4ccc(-c5scnc5C)cc4)C(C)(C)C)c3F)N2C(=O)[C@@H](NC(=O)OC(C)(C)C)C1. The molecule has 3 aliphatic rings. The number of halogens is 1. The van der Waals surface area contributed by atoms with Gasteiger partial charge in [0.05, 0.1) is 40.8 Å². The van der Waals surface area contributed by atoms with Crippen molar-refractivity contribution >= 4 is 58.8 Å². The van der Waals surface area contributed by atoms with Crippen molar-refractivity contribution in [2.45, 2.75) is 187 Å². The number of unbranched alkanes of at least 4 members (excludes halogenated alkanes) is 1. The molecule has 3 aliphatic heterocycles. The van der Waals surface area contributed by atoms with E-state index in [0.717, 1.165) is 21.7 Å². The number of aliphatic hydroxyl groups is 1. The van der Waals surface area contributed by atoms with Crippen molar-refractivity contribution in [2.75, 3.05) is 26.2 Å². The van der Waals surface area contributed by atoms with Gasteiger partial charge in [-0.2, -0.15) is 0 Å². The van der Waals surface area contributed by atoms with Crippen LogP contribution < -0.4 is 31.7 Å². The molecule has 22 heteroatoms. The minimum atomic E-state index is -1.20. The van der Waals surface area contributed by atoms with Crippen LogP contribution in [0.2, 0.25) is 0 Å². The number of aliphatic hydroxyl groups excluding tert-OH is 1. The number of hydrogen-bond acceptors (Lipinski definition) is 13. The third-order valence-electron chi connectivity index (χ3n) is 14.6. The van der Waals surface area contributed by atoms with E-state index >= 15 is 4.39 Å². The number of fused-ring (bicyclic) bond motifs is 1. The summed E-state index contributed by atoms with van der Waals surface area (Å²) in [6, 6.07) is 5.23. The van der Waals surface area contributed by atoms with Gasteiger partial charge >= 0.3 is 6.09 Å². The van der Waals surface area contributed by atoms with E-state index in [1.807, 2.05) is 58.9 Å². The molecule has 0 saturated carbocycles. The van der Waals surface area contributed by atoms with Gasteiger partial charge in [0.15, 0.2) is 11.6 Å². The first kappa shape index (κ1) is 61.5. The van der Waals surface area contributed by atoms with Gasteiger partial charge in [-0.05, 0) is 120 Å². The first-order chi connectivity index (χ1) is 37.1. The normalized spacial score (nSPS) is 20.7. The van der Waals surface area contributed by atoms with Gasteiger partial charge in [0.25, 0.3) is 0 Å². The average Bonchev–Trinajstić information content (AvgIpc) is 4.15. The molecule has 8 amide bonds. The summed E-state index contributed by atoms with van der Waals surface area (Å²) in [5.41, 5.74) is 9.50. The molecular formula is C57H80FN9O11S. The maximum atomic E-state index is 16.2. The zero-order chi connectivity index (χ0) is 58.1. The number of nitrogens with zero attached hydrogens (tertiary/aromatic N) is 4. The van der Waals surface area contributed by atoms with Gasteiger partial charge in [-0.3, -0.25) is 33.6 Å². The summed E-state index contributed by atoms with van der Waals surface area (Å²) in [6.07, 6.45) is 0.306. The second kappa shape index (κ2) is 26.5. The molecule has 8 atom stereocenters. The number of nitrogens with two attached hydrogens (primary N) is 1. The number of nitrogens with one attached hydrogen (secondary N) is 4. The van der Waals surface area contributed by atoms with Crippen LogP contribution in [0.25, 0.3) is 10.4 Å². The van der Waals surface area contributed by atoms with Crippen molar-refractivity contribution in [3.05, 3.63) is 70.1 Å². The van der Waals surface area contributed by atoms with Crippen LogP contribution >= 0.6 is 11.3 Å². The van der Waals surface area contributed by atoms with Gasteiger partial charge in [0, 0.05) is 45.3 Å². The first-order valence-electron chi connectivity index (χ1n) is 27.3. The van der Waals surface area contributed by atoms with Gasteiger partial charge in [0.2, 0.25) is 41.4 Å². The number of carbonyl (C=O) groups excluding carboxylic acids is 8. The largest absolute Gasteiger partial charge is 0.488 e. The number of thiazole rings is 1. The number of β-amino-alcohol motifs (C(OH)–C–C–N with tert-alkyl or cyclic N) is 1. The zero-order valence-electron chi connectivity index (χ0n) is 47.2. The van der Waals surface area contributed by atoms with E-state index in [1.54, 1.807) is 50.6 Å². The van der Waals surface area contributed by atoms with E-state index in [-0.39, 0.29) is 69.9 Å². The Morgan fingerprint density at radius 3 is 2.24 bits per heavy atom. The van der Waals surface area contributed by atoms with Gasteiger partial charge < -0.3 is 56.3 Å². The minimum Gasteiger partial charge on any atom is -0.488 e. The second-order valence-electron chi connectivity index (χ2n) is 23.3. The summed E-state index contributed by atoms with van der Waals surface area (Å²) in [5.74, 6) is -4.01. The number of ether oxygens (including phenoxy) is 2. The monoisotopic (exact) mass is 1120 g/mol. The van der Waals surface area contributed by atoms with Crippen LogP contribution in [-0.4, -0.2) is 146 Å². The van der Waals surface area contributed by atoms with Crippen LogP contribution in [0.4, 0.5) is 9.18 Å². The second-order valence-corrected chi connectivity index (χ2v) is 24.1. The Morgan fingerprint density at radius 1 is 0.911 bits per heavy atom. The summed E-state index contributed by atoms with van der Waals surface area (Å²) in [4.78, 5) is 117. The molecule has 0 spiro atoms. The molecule has 0 radical (unpaired) electrons. The minimum absolute atomic E-state index is 0.0197. The number of rotatable bonds is 20. The van der Waals surface area contributed by atoms with Crippen LogP contribution in [0.1, 0.15) is 142 Å².